The van der Waals surface area contributed by atoms with Crippen LogP contribution in [0.2, 0.25) is 0 Å². The van der Waals surface area contributed by atoms with Gasteiger partial charge in [-0.1, -0.05) is 13.0 Å². The third-order valence-corrected chi connectivity index (χ3v) is 3.12. The number of aliphatic hydroxyl groups is 1. The van der Waals surface area contributed by atoms with Gasteiger partial charge in [0, 0.05) is 26.3 Å². The number of fused-ring (bicyclic) bond motifs is 1. The number of aliphatic hydroxyl groups excluding tert-OH is 1. The minimum Gasteiger partial charge on any atom is -0.395 e. The van der Waals surface area contributed by atoms with E-state index in [-0.39, 0.29) is 6.61 Å². The van der Waals surface area contributed by atoms with Gasteiger partial charge in [0.25, 0.3) is 0 Å². The van der Waals surface area contributed by atoms with Crippen molar-refractivity contribution in [2.75, 3.05) is 31.6 Å². The fourth-order valence-corrected chi connectivity index (χ4v) is 2.14. The van der Waals surface area contributed by atoms with Gasteiger partial charge >= 0.3 is 0 Å². The van der Waals surface area contributed by atoms with Crippen LogP contribution in [0.15, 0.2) is 24.4 Å². The second-order valence-corrected chi connectivity index (χ2v) is 4.63. The van der Waals surface area contributed by atoms with E-state index in [1.54, 1.807) is 0 Å². The van der Waals surface area contributed by atoms with Gasteiger partial charge < -0.3 is 19.7 Å². The number of aromatic nitrogens is 2. The Labute approximate surface area is 113 Å². The van der Waals surface area contributed by atoms with E-state index in [0.717, 1.165) is 36.7 Å². The molecule has 5 nitrogen and oxygen atoms in total. The Morgan fingerprint density at radius 2 is 2.26 bits per heavy atom. The highest BCUT2D eigenvalue weighted by Gasteiger charge is 2.14. The van der Waals surface area contributed by atoms with Crippen molar-refractivity contribution in [3.63, 3.8) is 0 Å². The number of likely N-dealkylation sites (N-methyl/N-ethyl adjacent to an activating group) is 1. The number of imidazole rings is 1. The summed E-state index contributed by atoms with van der Waals surface area (Å²) in [6.07, 6.45) is 3.14. The normalized spacial score (nSPS) is 11.1. The van der Waals surface area contributed by atoms with E-state index in [2.05, 4.69) is 21.6 Å². The molecular weight excluding hydrogens is 240 g/mol. The number of hydrogen-bond donors (Lipinski definition) is 2. The Balaban J connectivity index is 2.34. The van der Waals surface area contributed by atoms with Crippen molar-refractivity contribution in [1.82, 2.24) is 14.7 Å². The zero-order valence-corrected chi connectivity index (χ0v) is 11.6. The van der Waals surface area contributed by atoms with Gasteiger partial charge in [-0.05, 0) is 25.1 Å². The molecule has 0 atom stereocenters. The highest BCUT2D eigenvalue weighted by atomic mass is 16.3. The predicted molar refractivity (Wildman–Crippen MR) is 77.5 cm³/mol. The third-order valence-electron chi connectivity index (χ3n) is 3.12. The number of nitrogens with one attached hydrogen (secondary N) is 1. The maximum absolute atomic E-state index is 9.09. The molecule has 2 rings (SSSR count). The SMILES string of the molecule is CCCNCc1c(N(C)CCO)nc2ccccn12. The molecule has 5 heteroatoms. The molecule has 0 bridgehead atoms. The van der Waals surface area contributed by atoms with Gasteiger partial charge in [0.05, 0.1) is 12.3 Å². The van der Waals surface area contributed by atoms with Crippen molar-refractivity contribution in [2.24, 2.45) is 0 Å². The van der Waals surface area contributed by atoms with Gasteiger partial charge in [0.1, 0.15) is 5.65 Å². The molecule has 19 heavy (non-hydrogen) atoms. The van der Waals surface area contributed by atoms with Crippen molar-refractivity contribution in [2.45, 2.75) is 19.9 Å². The second-order valence-electron chi connectivity index (χ2n) is 4.63. The summed E-state index contributed by atoms with van der Waals surface area (Å²) < 4.78 is 2.10. The van der Waals surface area contributed by atoms with Crippen molar-refractivity contribution in [1.29, 1.82) is 0 Å². The molecule has 0 aliphatic heterocycles. The Hall–Kier alpha value is -1.59. The van der Waals surface area contributed by atoms with Gasteiger partial charge in [0.2, 0.25) is 0 Å². The van der Waals surface area contributed by atoms with Crippen molar-refractivity contribution >= 4 is 11.5 Å². The van der Waals surface area contributed by atoms with Gasteiger partial charge in [-0.25, -0.2) is 4.98 Å². The standard InChI is InChI=1S/C14H22N4O/c1-3-7-15-11-12-14(17(2)9-10-19)16-13-6-4-5-8-18(12)13/h4-6,8,15,19H,3,7,9-11H2,1-2H3. The monoisotopic (exact) mass is 262 g/mol. The van der Waals surface area contributed by atoms with Crippen molar-refractivity contribution in [3.8, 4) is 0 Å². The largest absolute Gasteiger partial charge is 0.395 e. The highest BCUT2D eigenvalue weighted by Crippen LogP contribution is 2.20. The van der Waals surface area contributed by atoms with Crippen LogP contribution in [-0.2, 0) is 6.54 Å². The summed E-state index contributed by atoms with van der Waals surface area (Å²) in [6, 6.07) is 5.99. The Kier molecular flexibility index (Phi) is 4.76. The van der Waals surface area contributed by atoms with E-state index in [4.69, 9.17) is 5.11 Å². The average Bonchev–Trinajstić information content (AvgIpc) is 2.79. The summed E-state index contributed by atoms with van der Waals surface area (Å²) in [5.41, 5.74) is 2.08. The Morgan fingerprint density at radius 3 is 3.00 bits per heavy atom. The lowest BCUT2D eigenvalue weighted by atomic mass is 10.3. The molecule has 104 valence electrons. The third kappa shape index (κ3) is 3.05. The van der Waals surface area contributed by atoms with Crippen LogP contribution in [0, 0.1) is 0 Å². The summed E-state index contributed by atoms with van der Waals surface area (Å²) in [5.74, 6) is 0.934. The van der Waals surface area contributed by atoms with E-state index in [1.807, 2.05) is 36.3 Å². The lowest BCUT2D eigenvalue weighted by Gasteiger charge is -2.17. The fraction of sp³-hybridized carbons (Fsp3) is 0.500. The maximum atomic E-state index is 9.09. The summed E-state index contributed by atoms with van der Waals surface area (Å²) in [6.45, 7) is 4.64. The summed E-state index contributed by atoms with van der Waals surface area (Å²) in [4.78, 5) is 6.64. The molecule has 2 aromatic rings. The van der Waals surface area contributed by atoms with Gasteiger partial charge in [-0.3, -0.25) is 0 Å². The van der Waals surface area contributed by atoms with E-state index in [1.165, 1.54) is 0 Å². The van der Waals surface area contributed by atoms with Crippen molar-refractivity contribution in [3.05, 3.63) is 30.1 Å². The predicted octanol–water partition coefficient (Wildman–Crippen LogP) is 1.26. The number of hydrogen-bond acceptors (Lipinski definition) is 4. The molecule has 0 saturated carbocycles. The molecule has 0 fully saturated rings. The fourth-order valence-electron chi connectivity index (χ4n) is 2.14. The molecule has 2 aromatic heterocycles. The summed E-state index contributed by atoms with van der Waals surface area (Å²) in [5, 5.41) is 12.5. The van der Waals surface area contributed by atoms with Crippen molar-refractivity contribution < 1.29 is 5.11 Å². The molecule has 0 spiro atoms. The summed E-state index contributed by atoms with van der Waals surface area (Å²) >= 11 is 0. The molecule has 0 aliphatic rings. The number of nitrogens with zero attached hydrogens (tertiary/aromatic N) is 3. The quantitative estimate of drug-likeness (QED) is 0.738. The second kappa shape index (κ2) is 6.54. The zero-order valence-electron chi connectivity index (χ0n) is 11.6. The van der Waals surface area contributed by atoms with Crippen LogP contribution in [0.25, 0.3) is 5.65 Å². The molecule has 0 amide bonds. The van der Waals surface area contributed by atoms with Crippen LogP contribution in [0.5, 0.6) is 0 Å². The van der Waals surface area contributed by atoms with E-state index in [0.29, 0.717) is 6.54 Å². The molecule has 0 unspecified atom stereocenters. The first-order valence-corrected chi connectivity index (χ1v) is 6.76. The molecule has 2 heterocycles. The summed E-state index contributed by atoms with van der Waals surface area (Å²) in [7, 11) is 1.96. The average molecular weight is 262 g/mol. The van der Waals surface area contributed by atoms with Gasteiger partial charge in [0.15, 0.2) is 5.82 Å². The minimum absolute atomic E-state index is 0.131. The van der Waals surface area contributed by atoms with Crippen LogP contribution in [-0.4, -0.2) is 41.2 Å². The Bertz CT molecular complexity index is 523. The van der Waals surface area contributed by atoms with Crippen LogP contribution in [0.3, 0.4) is 0 Å². The molecule has 0 radical (unpaired) electrons. The molecule has 0 aliphatic carbocycles. The number of pyridine rings is 1. The minimum atomic E-state index is 0.131. The van der Waals surface area contributed by atoms with Crippen LogP contribution >= 0.6 is 0 Å². The Morgan fingerprint density at radius 1 is 1.42 bits per heavy atom. The van der Waals surface area contributed by atoms with Gasteiger partial charge in [-0.15, -0.1) is 0 Å². The van der Waals surface area contributed by atoms with Crippen LogP contribution in [0.4, 0.5) is 5.82 Å². The van der Waals surface area contributed by atoms with E-state index < -0.39 is 0 Å². The highest BCUT2D eigenvalue weighted by molar-refractivity contribution is 5.55. The lowest BCUT2D eigenvalue weighted by Crippen LogP contribution is -2.24. The first-order chi connectivity index (χ1) is 9.27. The van der Waals surface area contributed by atoms with Crippen LogP contribution < -0.4 is 10.2 Å². The first-order valence-electron chi connectivity index (χ1n) is 6.76. The first kappa shape index (κ1) is 13.8. The van der Waals surface area contributed by atoms with E-state index >= 15 is 0 Å². The molecular formula is C14H22N4O. The topological polar surface area (TPSA) is 52.8 Å². The molecule has 0 saturated heterocycles. The van der Waals surface area contributed by atoms with Gasteiger partial charge in [-0.2, -0.15) is 0 Å². The van der Waals surface area contributed by atoms with Crippen LogP contribution in [0.1, 0.15) is 19.0 Å². The number of anilines is 1. The smallest absolute Gasteiger partial charge is 0.152 e. The number of rotatable bonds is 7. The van der Waals surface area contributed by atoms with E-state index in [9.17, 15) is 0 Å². The molecule has 2 N–H and O–H groups in total. The molecule has 0 aromatic carbocycles. The lowest BCUT2D eigenvalue weighted by molar-refractivity contribution is 0.304. The maximum Gasteiger partial charge on any atom is 0.152 e. The zero-order chi connectivity index (χ0) is 13.7.